The first-order chi connectivity index (χ1) is 8.94. The molecule has 1 aliphatic rings. The highest BCUT2D eigenvalue weighted by Crippen LogP contribution is 2.23. The first-order valence-electron chi connectivity index (χ1n) is 6.11. The number of halogens is 2. The molecule has 0 radical (unpaired) electrons. The molecule has 1 aliphatic heterocycles. The van der Waals surface area contributed by atoms with Gasteiger partial charge < -0.3 is 15.0 Å². The van der Waals surface area contributed by atoms with Gasteiger partial charge in [-0.15, -0.1) is 0 Å². The lowest BCUT2D eigenvalue weighted by molar-refractivity contribution is -0.0473. The summed E-state index contributed by atoms with van der Waals surface area (Å²) in [5.41, 5.74) is 0.800. The minimum absolute atomic E-state index is 0.173. The lowest BCUT2D eigenvalue weighted by Gasteiger charge is -2.36. The molecule has 0 bridgehead atoms. The van der Waals surface area contributed by atoms with E-state index in [9.17, 15) is 0 Å². The third-order valence-electron chi connectivity index (χ3n) is 2.82. The van der Waals surface area contributed by atoms with E-state index in [1.165, 1.54) is 0 Å². The Hall–Kier alpha value is -0.550. The quantitative estimate of drug-likeness (QED) is 0.796. The molecule has 1 aromatic rings. The summed E-state index contributed by atoms with van der Waals surface area (Å²) in [5, 5.41) is 5.00. The fourth-order valence-electron chi connectivity index (χ4n) is 2.17. The second-order valence-corrected chi connectivity index (χ2v) is 6.01. The van der Waals surface area contributed by atoms with Gasteiger partial charge in [0.05, 0.1) is 12.2 Å². The molecule has 104 valence electrons. The fraction of sp³-hybridized carbons (Fsp3) is 0.462. The summed E-state index contributed by atoms with van der Waals surface area (Å²) in [5.74, 6) is 0. The third kappa shape index (κ3) is 4.21. The van der Waals surface area contributed by atoms with Gasteiger partial charge in [0.2, 0.25) is 0 Å². The Morgan fingerprint density at radius 1 is 1.21 bits per heavy atom. The second kappa shape index (κ2) is 6.27. The third-order valence-corrected chi connectivity index (χ3v) is 3.62. The molecule has 3 nitrogen and oxygen atoms in total. The van der Waals surface area contributed by atoms with Crippen molar-refractivity contribution >= 4 is 46.2 Å². The number of anilines is 1. The minimum atomic E-state index is 0.173. The summed E-state index contributed by atoms with van der Waals surface area (Å²) in [4.78, 5) is 2.10. The molecular formula is C13H16Cl2N2OS. The molecule has 0 aromatic heterocycles. The molecule has 1 saturated heterocycles. The van der Waals surface area contributed by atoms with E-state index in [2.05, 4.69) is 10.2 Å². The first kappa shape index (κ1) is 14.9. The van der Waals surface area contributed by atoms with E-state index in [0.29, 0.717) is 15.2 Å². The average molecular weight is 319 g/mol. The molecule has 19 heavy (non-hydrogen) atoms. The van der Waals surface area contributed by atoms with Crippen LogP contribution >= 0.6 is 35.4 Å². The van der Waals surface area contributed by atoms with Crippen LogP contribution in [0.2, 0.25) is 10.0 Å². The van der Waals surface area contributed by atoms with Gasteiger partial charge in [-0.25, -0.2) is 0 Å². The van der Waals surface area contributed by atoms with Gasteiger partial charge in [0.15, 0.2) is 5.11 Å². The Bertz CT molecular complexity index is 453. The number of nitrogens with one attached hydrogen (secondary N) is 1. The van der Waals surface area contributed by atoms with Gasteiger partial charge in [0.1, 0.15) is 0 Å². The van der Waals surface area contributed by atoms with Gasteiger partial charge in [0, 0.05) is 28.8 Å². The maximum atomic E-state index is 5.96. The van der Waals surface area contributed by atoms with Crippen LogP contribution in [0.5, 0.6) is 0 Å². The maximum Gasteiger partial charge on any atom is 0.173 e. The van der Waals surface area contributed by atoms with Crippen molar-refractivity contribution < 1.29 is 4.74 Å². The molecule has 0 aliphatic carbocycles. The predicted octanol–water partition coefficient (Wildman–Crippen LogP) is 3.80. The van der Waals surface area contributed by atoms with E-state index < -0.39 is 0 Å². The highest BCUT2D eigenvalue weighted by atomic mass is 35.5. The summed E-state index contributed by atoms with van der Waals surface area (Å²) >= 11 is 17.4. The van der Waals surface area contributed by atoms with E-state index in [-0.39, 0.29) is 12.2 Å². The number of hydrogen-bond donors (Lipinski definition) is 1. The van der Waals surface area contributed by atoms with Gasteiger partial charge in [-0.2, -0.15) is 0 Å². The number of benzene rings is 1. The largest absolute Gasteiger partial charge is 0.372 e. The zero-order valence-corrected chi connectivity index (χ0v) is 13.1. The minimum Gasteiger partial charge on any atom is -0.372 e. The normalized spacial score (nSPS) is 23.3. The number of morpholine rings is 1. The molecule has 1 aromatic carbocycles. The van der Waals surface area contributed by atoms with Crippen LogP contribution in [0.15, 0.2) is 18.2 Å². The van der Waals surface area contributed by atoms with Crippen molar-refractivity contribution in [2.75, 3.05) is 18.4 Å². The number of hydrogen-bond acceptors (Lipinski definition) is 2. The van der Waals surface area contributed by atoms with E-state index in [4.69, 9.17) is 40.2 Å². The monoisotopic (exact) mass is 318 g/mol. The molecule has 1 N–H and O–H groups in total. The van der Waals surface area contributed by atoms with Gasteiger partial charge in [-0.05, 0) is 44.3 Å². The summed E-state index contributed by atoms with van der Waals surface area (Å²) in [6.45, 7) is 5.65. The lowest BCUT2D eigenvalue weighted by Crippen LogP contribution is -2.49. The number of rotatable bonds is 1. The first-order valence-corrected chi connectivity index (χ1v) is 7.28. The van der Waals surface area contributed by atoms with Crippen molar-refractivity contribution in [3.63, 3.8) is 0 Å². The van der Waals surface area contributed by atoms with Crippen LogP contribution < -0.4 is 5.32 Å². The Labute approximate surface area is 128 Å². The van der Waals surface area contributed by atoms with Crippen molar-refractivity contribution in [2.45, 2.75) is 26.1 Å². The SMILES string of the molecule is CC1CN(C(=S)Nc2cc(Cl)cc(Cl)c2)CC(C)O1. The molecule has 1 fully saturated rings. The zero-order valence-electron chi connectivity index (χ0n) is 10.8. The maximum absolute atomic E-state index is 5.96. The van der Waals surface area contributed by atoms with Crippen LogP contribution in [-0.4, -0.2) is 35.3 Å². The van der Waals surface area contributed by atoms with Crippen molar-refractivity contribution in [3.8, 4) is 0 Å². The van der Waals surface area contributed by atoms with Gasteiger partial charge in [-0.3, -0.25) is 0 Å². The van der Waals surface area contributed by atoms with Crippen LogP contribution in [0.3, 0.4) is 0 Å². The number of ether oxygens (including phenoxy) is 1. The zero-order chi connectivity index (χ0) is 14.0. The highest BCUT2D eigenvalue weighted by molar-refractivity contribution is 7.80. The van der Waals surface area contributed by atoms with Crippen LogP contribution in [0.4, 0.5) is 5.69 Å². The van der Waals surface area contributed by atoms with Crippen molar-refractivity contribution in [3.05, 3.63) is 28.2 Å². The topological polar surface area (TPSA) is 24.5 Å². The van der Waals surface area contributed by atoms with Crippen LogP contribution in [0.25, 0.3) is 0 Å². The van der Waals surface area contributed by atoms with E-state index >= 15 is 0 Å². The smallest absolute Gasteiger partial charge is 0.173 e. The molecule has 1 heterocycles. The Morgan fingerprint density at radius 3 is 2.26 bits per heavy atom. The Morgan fingerprint density at radius 2 is 1.74 bits per heavy atom. The highest BCUT2D eigenvalue weighted by Gasteiger charge is 2.23. The van der Waals surface area contributed by atoms with Gasteiger partial charge in [0.25, 0.3) is 0 Å². The Kier molecular flexibility index (Phi) is 4.90. The van der Waals surface area contributed by atoms with Gasteiger partial charge in [-0.1, -0.05) is 23.2 Å². The molecule has 2 atom stereocenters. The fourth-order valence-corrected chi connectivity index (χ4v) is 2.97. The number of nitrogens with zero attached hydrogens (tertiary/aromatic N) is 1. The summed E-state index contributed by atoms with van der Waals surface area (Å²) in [6, 6.07) is 5.29. The predicted molar refractivity (Wildman–Crippen MR) is 84.3 cm³/mol. The van der Waals surface area contributed by atoms with E-state index in [1.807, 2.05) is 13.8 Å². The van der Waals surface area contributed by atoms with E-state index in [1.54, 1.807) is 18.2 Å². The lowest BCUT2D eigenvalue weighted by atomic mass is 10.2. The van der Waals surface area contributed by atoms with E-state index in [0.717, 1.165) is 18.8 Å². The number of thiocarbonyl (C=S) groups is 1. The molecule has 2 rings (SSSR count). The molecule has 0 spiro atoms. The summed E-state index contributed by atoms with van der Waals surface area (Å²) in [6.07, 6.45) is 0.345. The standard InChI is InChI=1S/C13H16Cl2N2OS/c1-8-6-17(7-9(2)18-8)13(19)16-12-4-10(14)3-11(15)5-12/h3-5,8-9H,6-7H2,1-2H3,(H,16,19). The van der Waals surface area contributed by atoms with Crippen molar-refractivity contribution in [1.82, 2.24) is 4.90 Å². The second-order valence-electron chi connectivity index (χ2n) is 4.75. The molecule has 0 saturated carbocycles. The Balaban J connectivity index is 2.04. The summed E-state index contributed by atoms with van der Waals surface area (Å²) < 4.78 is 5.68. The molecule has 0 amide bonds. The van der Waals surface area contributed by atoms with Crippen LogP contribution in [-0.2, 0) is 4.74 Å². The van der Waals surface area contributed by atoms with Crippen LogP contribution in [0.1, 0.15) is 13.8 Å². The van der Waals surface area contributed by atoms with Crippen molar-refractivity contribution in [2.24, 2.45) is 0 Å². The van der Waals surface area contributed by atoms with Gasteiger partial charge >= 0.3 is 0 Å². The average Bonchev–Trinajstić information content (AvgIpc) is 2.25. The van der Waals surface area contributed by atoms with Crippen molar-refractivity contribution in [1.29, 1.82) is 0 Å². The van der Waals surface area contributed by atoms with Crippen LogP contribution in [0, 0.1) is 0 Å². The molecule has 2 unspecified atom stereocenters. The molecular weight excluding hydrogens is 303 g/mol. The molecule has 6 heteroatoms. The summed E-state index contributed by atoms with van der Waals surface area (Å²) in [7, 11) is 0.